The van der Waals surface area contributed by atoms with Gasteiger partial charge in [-0.2, -0.15) is 0 Å². The van der Waals surface area contributed by atoms with Gasteiger partial charge in [0.1, 0.15) is 11.6 Å². The molecule has 4 rings (SSSR count). The van der Waals surface area contributed by atoms with Crippen LogP contribution in [0.3, 0.4) is 0 Å². The normalized spacial score (nSPS) is 19.8. The molecule has 0 radical (unpaired) electrons. The van der Waals surface area contributed by atoms with E-state index in [4.69, 9.17) is 4.74 Å². The average Bonchev–Trinajstić information content (AvgIpc) is 3.23. The number of rotatable bonds is 8. The van der Waals surface area contributed by atoms with E-state index in [1.807, 2.05) is 60.8 Å². The SMILES string of the molecule is C[C@@H]1CCCC[C@H]1OC(=O)NC(C)(Cc1c[nH]c2ccccc12)C(=O)NCCc1ccccc1. The molecule has 1 heterocycles. The predicted molar refractivity (Wildman–Crippen MR) is 135 cm³/mol. The Bertz CT molecular complexity index is 1110. The summed E-state index contributed by atoms with van der Waals surface area (Å²) in [6.45, 7) is 4.39. The summed E-state index contributed by atoms with van der Waals surface area (Å²) < 4.78 is 5.79. The molecule has 0 aliphatic heterocycles. The van der Waals surface area contributed by atoms with Crippen LogP contribution in [0.2, 0.25) is 0 Å². The van der Waals surface area contributed by atoms with Gasteiger partial charge in [-0.1, -0.05) is 61.9 Å². The molecular weight excluding hydrogens is 426 g/mol. The minimum absolute atomic E-state index is 0.104. The molecule has 6 heteroatoms. The molecule has 34 heavy (non-hydrogen) atoms. The zero-order valence-electron chi connectivity index (χ0n) is 20.1. The van der Waals surface area contributed by atoms with Crippen LogP contribution in [-0.2, 0) is 22.4 Å². The Morgan fingerprint density at radius 1 is 1.06 bits per heavy atom. The first-order valence-electron chi connectivity index (χ1n) is 12.3. The summed E-state index contributed by atoms with van der Waals surface area (Å²) in [5.41, 5.74) is 1.97. The summed E-state index contributed by atoms with van der Waals surface area (Å²) in [5, 5.41) is 7.00. The van der Waals surface area contributed by atoms with E-state index in [0.29, 0.717) is 18.9 Å². The van der Waals surface area contributed by atoms with Crippen molar-refractivity contribution in [3.05, 3.63) is 71.9 Å². The summed E-state index contributed by atoms with van der Waals surface area (Å²) in [5.74, 6) is 0.112. The third kappa shape index (κ3) is 5.79. The summed E-state index contributed by atoms with van der Waals surface area (Å²) in [6, 6.07) is 18.0. The highest BCUT2D eigenvalue weighted by Gasteiger charge is 2.37. The summed E-state index contributed by atoms with van der Waals surface area (Å²) >= 11 is 0. The van der Waals surface area contributed by atoms with Gasteiger partial charge in [-0.05, 0) is 55.7 Å². The third-order valence-electron chi connectivity index (χ3n) is 6.93. The van der Waals surface area contributed by atoms with Crippen LogP contribution in [0.15, 0.2) is 60.8 Å². The Balaban J connectivity index is 1.48. The Hall–Kier alpha value is -3.28. The van der Waals surface area contributed by atoms with Gasteiger partial charge in [0.05, 0.1) is 0 Å². The van der Waals surface area contributed by atoms with Gasteiger partial charge < -0.3 is 20.4 Å². The molecule has 1 fully saturated rings. The van der Waals surface area contributed by atoms with Crippen molar-refractivity contribution in [2.75, 3.05) is 6.54 Å². The van der Waals surface area contributed by atoms with Crippen molar-refractivity contribution in [2.45, 2.75) is 64.0 Å². The van der Waals surface area contributed by atoms with Crippen LogP contribution in [0.25, 0.3) is 10.9 Å². The number of aromatic amines is 1. The van der Waals surface area contributed by atoms with Crippen LogP contribution >= 0.6 is 0 Å². The molecular formula is C28H35N3O3. The molecule has 0 bridgehead atoms. The second-order valence-corrected chi connectivity index (χ2v) is 9.69. The third-order valence-corrected chi connectivity index (χ3v) is 6.93. The number of benzene rings is 2. The zero-order valence-corrected chi connectivity index (χ0v) is 20.1. The van der Waals surface area contributed by atoms with Gasteiger partial charge in [-0.3, -0.25) is 4.79 Å². The van der Waals surface area contributed by atoms with E-state index in [1.165, 1.54) is 6.42 Å². The first kappa shape index (κ1) is 23.9. The largest absolute Gasteiger partial charge is 0.446 e. The maximum Gasteiger partial charge on any atom is 0.408 e. The lowest BCUT2D eigenvalue weighted by Gasteiger charge is -2.32. The molecule has 1 saturated carbocycles. The number of nitrogens with one attached hydrogen (secondary N) is 3. The maximum absolute atomic E-state index is 13.4. The first-order valence-corrected chi connectivity index (χ1v) is 12.3. The van der Waals surface area contributed by atoms with Crippen LogP contribution in [0.5, 0.6) is 0 Å². The Labute approximate surface area is 201 Å². The van der Waals surface area contributed by atoms with Gasteiger partial charge in [0.2, 0.25) is 5.91 Å². The topological polar surface area (TPSA) is 83.2 Å². The van der Waals surface area contributed by atoms with E-state index in [1.54, 1.807) is 6.92 Å². The average molecular weight is 462 g/mol. The Morgan fingerprint density at radius 2 is 1.79 bits per heavy atom. The Morgan fingerprint density at radius 3 is 2.59 bits per heavy atom. The van der Waals surface area contributed by atoms with E-state index >= 15 is 0 Å². The van der Waals surface area contributed by atoms with Gasteiger partial charge in [0.15, 0.2) is 0 Å². The van der Waals surface area contributed by atoms with Crippen molar-refractivity contribution in [1.82, 2.24) is 15.6 Å². The molecule has 2 aromatic carbocycles. The number of ether oxygens (including phenoxy) is 1. The van der Waals surface area contributed by atoms with E-state index in [2.05, 4.69) is 22.5 Å². The second kappa shape index (κ2) is 10.8. The number of carbonyl (C=O) groups is 2. The van der Waals surface area contributed by atoms with Crippen molar-refractivity contribution in [1.29, 1.82) is 0 Å². The Kier molecular flexibility index (Phi) is 7.56. The molecule has 0 spiro atoms. The lowest BCUT2D eigenvalue weighted by atomic mass is 9.88. The van der Waals surface area contributed by atoms with E-state index < -0.39 is 11.6 Å². The quantitative estimate of drug-likeness (QED) is 0.435. The zero-order chi connectivity index (χ0) is 24.0. The molecule has 1 aliphatic carbocycles. The predicted octanol–water partition coefficient (Wildman–Crippen LogP) is 5.13. The summed E-state index contributed by atoms with van der Waals surface area (Å²) in [7, 11) is 0. The fraction of sp³-hybridized carbons (Fsp3) is 0.429. The first-order chi connectivity index (χ1) is 16.4. The molecule has 1 unspecified atom stereocenters. The second-order valence-electron chi connectivity index (χ2n) is 9.69. The smallest absolute Gasteiger partial charge is 0.408 e. The number of hydrogen-bond acceptors (Lipinski definition) is 3. The highest BCUT2D eigenvalue weighted by Crippen LogP contribution is 2.27. The van der Waals surface area contributed by atoms with Gasteiger partial charge in [0.25, 0.3) is 0 Å². The molecule has 6 nitrogen and oxygen atoms in total. The standard InChI is InChI=1S/C28H35N3O3/c1-20-10-6-9-15-25(20)34-27(33)31-28(2,18-22-19-30-24-14-8-7-13-23(22)24)26(32)29-17-16-21-11-4-3-5-12-21/h3-5,7-8,11-14,19-20,25,30H,6,9-10,15-18H2,1-2H3,(H,29,32)(H,31,33)/t20-,25-,28?/m1/s1. The molecule has 3 aromatic rings. The van der Waals surface area contributed by atoms with Crippen molar-refractivity contribution < 1.29 is 14.3 Å². The number of amides is 2. The number of aromatic nitrogens is 1. The van der Waals surface area contributed by atoms with Gasteiger partial charge in [-0.25, -0.2) is 4.79 Å². The number of alkyl carbamates (subject to hydrolysis) is 1. The molecule has 0 saturated heterocycles. The summed E-state index contributed by atoms with van der Waals surface area (Å²) in [6.07, 6.45) is 6.52. The van der Waals surface area contributed by atoms with Crippen LogP contribution in [0, 0.1) is 5.92 Å². The molecule has 180 valence electrons. The minimum Gasteiger partial charge on any atom is -0.446 e. The number of H-pyrrole nitrogens is 1. The highest BCUT2D eigenvalue weighted by molar-refractivity contribution is 5.91. The monoisotopic (exact) mass is 461 g/mol. The van der Waals surface area contributed by atoms with Crippen molar-refractivity contribution in [3.8, 4) is 0 Å². The fourth-order valence-electron chi connectivity index (χ4n) is 4.85. The highest BCUT2D eigenvalue weighted by atomic mass is 16.6. The maximum atomic E-state index is 13.4. The molecule has 2 amide bonds. The van der Waals surface area contributed by atoms with Crippen molar-refractivity contribution in [2.24, 2.45) is 5.92 Å². The molecule has 1 aromatic heterocycles. The van der Waals surface area contributed by atoms with Crippen molar-refractivity contribution in [3.63, 3.8) is 0 Å². The van der Waals surface area contributed by atoms with Gasteiger partial charge >= 0.3 is 6.09 Å². The van der Waals surface area contributed by atoms with E-state index in [0.717, 1.165) is 47.7 Å². The minimum atomic E-state index is -1.16. The van der Waals surface area contributed by atoms with E-state index in [9.17, 15) is 9.59 Å². The van der Waals surface area contributed by atoms with Crippen LogP contribution in [-0.4, -0.2) is 35.2 Å². The molecule has 3 atom stereocenters. The number of hydrogen-bond donors (Lipinski definition) is 3. The number of para-hydroxylation sites is 1. The molecule has 3 N–H and O–H groups in total. The number of fused-ring (bicyclic) bond motifs is 1. The van der Waals surface area contributed by atoms with Crippen LogP contribution in [0.1, 0.15) is 50.7 Å². The van der Waals surface area contributed by atoms with Crippen molar-refractivity contribution >= 4 is 22.9 Å². The fourth-order valence-corrected chi connectivity index (χ4v) is 4.85. The molecule has 1 aliphatic rings. The lowest BCUT2D eigenvalue weighted by Crippen LogP contribution is -2.59. The summed E-state index contributed by atoms with van der Waals surface area (Å²) in [4.78, 5) is 29.6. The lowest BCUT2D eigenvalue weighted by molar-refractivity contribution is -0.127. The van der Waals surface area contributed by atoms with Gasteiger partial charge in [-0.15, -0.1) is 0 Å². The van der Waals surface area contributed by atoms with E-state index in [-0.39, 0.29) is 12.0 Å². The van der Waals surface area contributed by atoms with Crippen LogP contribution < -0.4 is 10.6 Å². The van der Waals surface area contributed by atoms with Gasteiger partial charge in [0, 0.05) is 30.1 Å². The van der Waals surface area contributed by atoms with Crippen LogP contribution in [0.4, 0.5) is 4.79 Å². The number of carbonyl (C=O) groups excluding carboxylic acids is 2.